The molecule has 0 unspecified atom stereocenters. The number of allylic oxidation sites excluding steroid dienone is 1. The predicted octanol–water partition coefficient (Wildman–Crippen LogP) is 2.30. The van der Waals surface area contributed by atoms with Crippen molar-refractivity contribution in [3.63, 3.8) is 0 Å². The van der Waals surface area contributed by atoms with Gasteiger partial charge in [-0.2, -0.15) is 0 Å². The second-order valence-electron chi connectivity index (χ2n) is 2.07. The summed E-state index contributed by atoms with van der Waals surface area (Å²) in [5.74, 6) is 0. The van der Waals surface area contributed by atoms with Gasteiger partial charge >= 0.3 is 0 Å². The molecule has 52 valence electrons. The average molecular weight is 134 g/mol. The Labute approximate surface area is 60.6 Å². The molecule has 0 bridgehead atoms. The maximum Gasteiger partial charge on any atom is 0.0755 e. The monoisotopic (exact) mass is 134 g/mol. The van der Waals surface area contributed by atoms with Crippen molar-refractivity contribution in [3.05, 3.63) is 48.2 Å². The minimum atomic E-state index is 0.803. The van der Waals surface area contributed by atoms with E-state index in [0.717, 1.165) is 12.7 Å². The molecule has 0 aliphatic rings. The van der Waals surface area contributed by atoms with E-state index < -0.39 is 0 Å². The first-order chi connectivity index (χ1) is 4.93. The summed E-state index contributed by atoms with van der Waals surface area (Å²) in [4.78, 5) is 0. The van der Waals surface area contributed by atoms with Gasteiger partial charge in [0.2, 0.25) is 0 Å². The Morgan fingerprint density at radius 3 is 2.50 bits per heavy atom. The number of aliphatic hydroxyl groups excluding tert-OH is 1. The molecule has 1 aromatic rings. The summed E-state index contributed by atoms with van der Waals surface area (Å²) in [6.07, 6.45) is 3.60. The molecule has 0 saturated carbocycles. The molecule has 0 aliphatic carbocycles. The normalized spacial score (nSPS) is 10.4. The largest absolute Gasteiger partial charge is 0.516 e. The van der Waals surface area contributed by atoms with Gasteiger partial charge in [-0.1, -0.05) is 30.3 Å². The first kappa shape index (κ1) is 6.87. The molecule has 0 aromatic heterocycles. The van der Waals surface area contributed by atoms with E-state index in [1.54, 1.807) is 6.08 Å². The number of rotatable bonds is 2. The van der Waals surface area contributed by atoms with Crippen molar-refractivity contribution in [1.29, 1.82) is 0 Å². The maximum absolute atomic E-state index is 8.35. The standard InChI is InChI=1S/C9H10O/c10-8-4-7-9-5-2-1-3-6-9/h1-6,8,10H,7H2/b8-4-. The average Bonchev–Trinajstić information content (AvgIpc) is 2.03. The molecule has 0 spiro atoms. The van der Waals surface area contributed by atoms with Crippen molar-refractivity contribution in [2.24, 2.45) is 0 Å². The maximum atomic E-state index is 8.35. The van der Waals surface area contributed by atoms with Crippen LogP contribution in [0, 0.1) is 0 Å². The summed E-state index contributed by atoms with van der Waals surface area (Å²) in [5, 5.41) is 8.35. The topological polar surface area (TPSA) is 20.2 Å². The summed E-state index contributed by atoms with van der Waals surface area (Å²) < 4.78 is 0. The van der Waals surface area contributed by atoms with Gasteiger partial charge in [-0.05, 0) is 18.1 Å². The lowest BCUT2D eigenvalue weighted by molar-refractivity contribution is 0.471. The first-order valence-electron chi connectivity index (χ1n) is 3.26. The fraction of sp³-hybridized carbons (Fsp3) is 0.111. The van der Waals surface area contributed by atoms with Crippen molar-refractivity contribution < 1.29 is 5.11 Å². The molecule has 0 heterocycles. The van der Waals surface area contributed by atoms with Gasteiger partial charge in [0.05, 0.1) is 6.26 Å². The van der Waals surface area contributed by atoms with E-state index in [2.05, 4.69) is 0 Å². The molecular formula is C9H10O. The number of hydrogen-bond acceptors (Lipinski definition) is 1. The van der Waals surface area contributed by atoms with Crippen molar-refractivity contribution in [2.45, 2.75) is 6.42 Å². The summed E-state index contributed by atoms with van der Waals surface area (Å²) in [5.41, 5.74) is 1.22. The molecular weight excluding hydrogens is 124 g/mol. The number of benzene rings is 1. The van der Waals surface area contributed by atoms with Crippen LogP contribution in [0.5, 0.6) is 0 Å². The van der Waals surface area contributed by atoms with Gasteiger partial charge in [-0.3, -0.25) is 0 Å². The first-order valence-corrected chi connectivity index (χ1v) is 3.26. The molecule has 1 nitrogen and oxygen atoms in total. The van der Waals surface area contributed by atoms with Gasteiger partial charge in [0.1, 0.15) is 0 Å². The molecule has 0 fully saturated rings. The van der Waals surface area contributed by atoms with E-state index >= 15 is 0 Å². The lowest BCUT2D eigenvalue weighted by Crippen LogP contribution is -1.77. The Morgan fingerprint density at radius 2 is 1.90 bits per heavy atom. The molecule has 0 atom stereocenters. The van der Waals surface area contributed by atoms with Crippen molar-refractivity contribution in [2.75, 3.05) is 0 Å². The van der Waals surface area contributed by atoms with Crippen LogP contribution in [0.4, 0.5) is 0 Å². The predicted molar refractivity (Wildman–Crippen MR) is 41.9 cm³/mol. The van der Waals surface area contributed by atoms with Crippen LogP contribution in [0.3, 0.4) is 0 Å². The molecule has 0 aliphatic heterocycles. The van der Waals surface area contributed by atoms with Crippen LogP contribution in [0.15, 0.2) is 42.7 Å². The summed E-state index contributed by atoms with van der Waals surface area (Å²) in [7, 11) is 0. The Morgan fingerprint density at radius 1 is 1.20 bits per heavy atom. The molecule has 0 saturated heterocycles. The third-order valence-electron chi connectivity index (χ3n) is 1.30. The van der Waals surface area contributed by atoms with E-state index in [1.807, 2.05) is 30.3 Å². The lowest BCUT2D eigenvalue weighted by Gasteiger charge is -1.91. The highest BCUT2D eigenvalue weighted by molar-refractivity contribution is 5.16. The second-order valence-corrected chi connectivity index (χ2v) is 2.07. The zero-order valence-corrected chi connectivity index (χ0v) is 5.70. The van der Waals surface area contributed by atoms with Crippen LogP contribution in [0.1, 0.15) is 5.56 Å². The summed E-state index contributed by atoms with van der Waals surface area (Å²) in [6.45, 7) is 0. The fourth-order valence-electron chi connectivity index (χ4n) is 0.803. The lowest BCUT2D eigenvalue weighted by atomic mass is 10.2. The molecule has 1 N–H and O–H groups in total. The van der Waals surface area contributed by atoms with Gasteiger partial charge in [-0.25, -0.2) is 0 Å². The minimum absolute atomic E-state index is 0.803. The van der Waals surface area contributed by atoms with Crippen molar-refractivity contribution >= 4 is 0 Å². The fourth-order valence-corrected chi connectivity index (χ4v) is 0.803. The van der Waals surface area contributed by atoms with Gasteiger partial charge in [0.15, 0.2) is 0 Å². The number of aliphatic hydroxyl groups is 1. The third-order valence-corrected chi connectivity index (χ3v) is 1.30. The highest BCUT2D eigenvalue weighted by Gasteiger charge is 1.83. The van der Waals surface area contributed by atoms with Crippen LogP contribution in [0.2, 0.25) is 0 Å². The van der Waals surface area contributed by atoms with Crippen LogP contribution in [-0.4, -0.2) is 5.11 Å². The zero-order chi connectivity index (χ0) is 7.23. The van der Waals surface area contributed by atoms with E-state index in [0.29, 0.717) is 0 Å². The van der Waals surface area contributed by atoms with Crippen LogP contribution in [0.25, 0.3) is 0 Å². The minimum Gasteiger partial charge on any atom is -0.516 e. The summed E-state index contributed by atoms with van der Waals surface area (Å²) >= 11 is 0. The van der Waals surface area contributed by atoms with E-state index in [9.17, 15) is 0 Å². The molecule has 0 amide bonds. The Bertz CT molecular complexity index is 201. The molecule has 1 aromatic carbocycles. The molecule has 1 heteroatoms. The third kappa shape index (κ3) is 1.94. The smallest absolute Gasteiger partial charge is 0.0755 e. The van der Waals surface area contributed by atoms with E-state index in [4.69, 9.17) is 5.11 Å². The van der Waals surface area contributed by atoms with Gasteiger partial charge in [-0.15, -0.1) is 0 Å². The zero-order valence-electron chi connectivity index (χ0n) is 5.70. The van der Waals surface area contributed by atoms with Gasteiger partial charge in [0, 0.05) is 0 Å². The Balaban J connectivity index is 2.59. The van der Waals surface area contributed by atoms with E-state index in [1.165, 1.54) is 5.56 Å². The summed E-state index contributed by atoms with van der Waals surface area (Å²) in [6, 6.07) is 10.0. The van der Waals surface area contributed by atoms with Gasteiger partial charge in [0.25, 0.3) is 0 Å². The molecule has 0 radical (unpaired) electrons. The quantitative estimate of drug-likeness (QED) is 0.615. The Kier molecular flexibility index (Phi) is 2.56. The highest BCUT2D eigenvalue weighted by atomic mass is 16.2. The highest BCUT2D eigenvalue weighted by Crippen LogP contribution is 1.99. The van der Waals surface area contributed by atoms with Gasteiger partial charge < -0.3 is 5.11 Å². The van der Waals surface area contributed by atoms with Crippen molar-refractivity contribution in [3.8, 4) is 0 Å². The Hall–Kier alpha value is -1.24. The van der Waals surface area contributed by atoms with Crippen LogP contribution < -0.4 is 0 Å². The number of hydrogen-bond donors (Lipinski definition) is 1. The van der Waals surface area contributed by atoms with Crippen molar-refractivity contribution in [1.82, 2.24) is 0 Å². The van der Waals surface area contributed by atoms with E-state index in [-0.39, 0.29) is 0 Å². The SMILES string of the molecule is O/C=C\Cc1ccccc1. The molecule has 10 heavy (non-hydrogen) atoms. The molecule has 1 rings (SSSR count). The second kappa shape index (κ2) is 3.72. The van der Waals surface area contributed by atoms with Crippen LogP contribution >= 0.6 is 0 Å². The van der Waals surface area contributed by atoms with Crippen LogP contribution in [-0.2, 0) is 6.42 Å².